The van der Waals surface area contributed by atoms with Gasteiger partial charge < -0.3 is 30.5 Å². The highest BCUT2D eigenvalue weighted by Crippen LogP contribution is 2.60. The molecule has 1 aliphatic heterocycles. The first kappa shape index (κ1) is 34.4. The topological polar surface area (TPSA) is 298 Å². The minimum absolute atomic E-state index is 0.00585. The minimum Gasteiger partial charge on any atom is -0.387 e. The minimum atomic E-state index is -5.29. The van der Waals surface area contributed by atoms with Gasteiger partial charge in [-0.15, -0.1) is 5.10 Å². The number of nitrogens with two attached hydrogens (primary N) is 1. The molecule has 1 fully saturated rings. The summed E-state index contributed by atoms with van der Waals surface area (Å²) in [5, 5.41) is 28.7. The van der Waals surface area contributed by atoms with Crippen molar-refractivity contribution in [1.82, 2.24) is 39.2 Å². The number of aliphatic hydroxyl groups excluding tert-OH is 2. The van der Waals surface area contributed by atoms with Crippen LogP contribution in [0.15, 0.2) is 48.0 Å². The van der Waals surface area contributed by atoms with Crippen molar-refractivity contribution in [3.63, 3.8) is 0 Å². The lowest BCUT2D eigenvalue weighted by atomic mass is 10.1. The lowest BCUT2D eigenvalue weighted by molar-refractivity contribution is -0.0504. The van der Waals surface area contributed by atoms with E-state index in [9.17, 15) is 37.5 Å². The molecule has 1 saturated heterocycles. The molecule has 46 heavy (non-hydrogen) atoms. The summed E-state index contributed by atoms with van der Waals surface area (Å²) < 4.78 is 73.5. The van der Waals surface area contributed by atoms with Crippen LogP contribution < -0.4 is 10.5 Å². The van der Waals surface area contributed by atoms with Gasteiger partial charge in [0, 0.05) is 11.6 Å². The third-order valence-electron chi connectivity index (χ3n) is 6.33. The van der Waals surface area contributed by atoms with Crippen molar-refractivity contribution in [2.24, 2.45) is 0 Å². The van der Waals surface area contributed by atoms with E-state index in [0.717, 1.165) is 6.33 Å². The number of anilines is 1. The van der Waals surface area contributed by atoms with Gasteiger partial charge in [0.05, 0.1) is 30.6 Å². The van der Waals surface area contributed by atoms with Crippen molar-refractivity contribution in [3.05, 3.63) is 53.8 Å². The Morgan fingerprint density at radius 3 is 2.52 bits per heavy atom. The van der Waals surface area contributed by atoms with Gasteiger partial charge in [-0.05, 0) is 24.3 Å². The van der Waals surface area contributed by atoms with Gasteiger partial charge in [0.15, 0.2) is 17.7 Å². The first-order valence-corrected chi connectivity index (χ1v) is 17.7. The molecule has 6 atom stereocenters. The van der Waals surface area contributed by atoms with E-state index in [1.807, 2.05) is 0 Å². The van der Waals surface area contributed by atoms with Gasteiger partial charge in [-0.1, -0.05) is 16.8 Å². The number of benzene rings is 1. The molecule has 4 heterocycles. The van der Waals surface area contributed by atoms with E-state index in [2.05, 4.69) is 34.3 Å². The second kappa shape index (κ2) is 13.6. The second-order valence-corrected chi connectivity index (χ2v) is 14.8. The molecule has 4 aromatic rings. The van der Waals surface area contributed by atoms with Crippen LogP contribution in [0.2, 0.25) is 5.02 Å². The van der Waals surface area contributed by atoms with E-state index in [1.54, 1.807) is 0 Å². The van der Waals surface area contributed by atoms with Crippen LogP contribution >= 0.6 is 27.2 Å². The molecule has 0 aliphatic carbocycles. The number of fused-ring (bicyclic) bond motifs is 1. The van der Waals surface area contributed by atoms with Crippen molar-refractivity contribution in [3.8, 4) is 0 Å². The maximum Gasteiger partial charge on any atom is 0.481 e. The van der Waals surface area contributed by atoms with Gasteiger partial charge in [0.25, 0.3) is 0 Å². The van der Waals surface area contributed by atoms with E-state index >= 15 is 0 Å². The lowest BCUT2D eigenvalue weighted by Crippen LogP contribution is -2.33. The van der Waals surface area contributed by atoms with Gasteiger partial charge in [-0.25, -0.2) is 37.2 Å². The molecule has 0 spiro atoms. The van der Waals surface area contributed by atoms with Gasteiger partial charge in [-0.2, -0.15) is 4.31 Å². The number of imidazole rings is 1. The second-order valence-electron chi connectivity index (χ2n) is 9.54. The van der Waals surface area contributed by atoms with E-state index < -0.39 is 63.4 Å². The fourth-order valence-corrected chi connectivity index (χ4v) is 7.35. The fraction of sp³-hybridized carbons (Fsp3) is 0.381. The smallest absolute Gasteiger partial charge is 0.387 e. The summed E-state index contributed by atoms with van der Waals surface area (Å²) in [5.41, 5.74) is 6.13. The Hall–Kier alpha value is -2.95. The molecule has 21 nitrogen and oxygen atoms in total. The van der Waals surface area contributed by atoms with Crippen molar-refractivity contribution in [2.45, 2.75) is 42.6 Å². The summed E-state index contributed by atoms with van der Waals surface area (Å²) in [5.74, 6) is 0.0615. The molecule has 0 radical (unpaired) electrons. The number of aromatic nitrogens is 7. The highest BCUT2D eigenvalue weighted by molar-refractivity contribution is 7.89. The number of nitrogens with zero attached hydrogens (tertiary/aromatic N) is 7. The highest BCUT2D eigenvalue weighted by atomic mass is 35.5. The quantitative estimate of drug-likeness (QED) is 0.0909. The summed E-state index contributed by atoms with van der Waals surface area (Å²) in [6, 6.07) is 5.53. The van der Waals surface area contributed by atoms with E-state index in [0.29, 0.717) is 5.02 Å². The Bertz CT molecular complexity index is 1900. The number of phosphoric ester groups is 2. The van der Waals surface area contributed by atoms with Crippen LogP contribution in [0.3, 0.4) is 0 Å². The molecule has 2 unspecified atom stereocenters. The molecule has 7 N–H and O–H groups in total. The summed E-state index contributed by atoms with van der Waals surface area (Å²) in [4.78, 5) is 31.8. The fourth-order valence-electron chi connectivity index (χ4n) is 4.15. The molecule has 5 rings (SSSR count). The Morgan fingerprint density at radius 2 is 1.78 bits per heavy atom. The number of phosphoric acid groups is 2. The van der Waals surface area contributed by atoms with Crippen LogP contribution in [0.1, 0.15) is 11.9 Å². The van der Waals surface area contributed by atoms with Crippen molar-refractivity contribution < 1.29 is 55.6 Å². The van der Waals surface area contributed by atoms with Crippen LogP contribution in [0, 0.1) is 0 Å². The summed E-state index contributed by atoms with van der Waals surface area (Å²) >= 11 is 5.77. The predicted octanol–water partition coefficient (Wildman–Crippen LogP) is -0.298. The standard InChI is InChI=1S/C21H26ClN9O12P2S/c22-12-1-3-14(4-2-12)46(38,39)27-5-6-30-7-13(28-29-30)8-40-44(34,35)43-45(36,37)41-9-15-17(32)18(33)21(42-15)31-11-26-16-19(23)24-10-25-20(16)31/h1-4,7,10-11,15,17-18,21,27,32-33H,5-6,8-9H2,(H,34,35)(H,36,37)(H2,23,24,25)/t15-,17-,18-,21-/m1/s1. The molecule has 1 aliphatic rings. The Morgan fingerprint density at radius 1 is 1.07 bits per heavy atom. The zero-order valence-corrected chi connectivity index (χ0v) is 26.5. The number of sulfonamides is 1. The van der Waals surface area contributed by atoms with Crippen molar-refractivity contribution in [1.29, 1.82) is 0 Å². The highest BCUT2D eigenvalue weighted by Gasteiger charge is 2.46. The molecule has 0 bridgehead atoms. The molecule has 3 aromatic heterocycles. The zero-order chi connectivity index (χ0) is 33.3. The maximum atomic E-state index is 12.4. The summed E-state index contributed by atoms with van der Waals surface area (Å²) in [6.45, 7) is -1.62. The molecule has 1 aromatic carbocycles. The summed E-state index contributed by atoms with van der Waals surface area (Å²) in [6.07, 6.45) is -2.18. The third kappa shape index (κ3) is 8.12. The number of aliphatic hydroxyl groups is 2. The monoisotopic (exact) mass is 725 g/mol. The number of ether oxygens (including phenoxy) is 1. The number of hydrogen-bond donors (Lipinski definition) is 6. The average molecular weight is 726 g/mol. The normalized spacial score (nSPS) is 23.0. The van der Waals surface area contributed by atoms with E-state index in [1.165, 1.54) is 46.0 Å². The average Bonchev–Trinajstić information content (AvgIpc) is 3.69. The van der Waals surface area contributed by atoms with E-state index in [-0.39, 0.29) is 40.7 Å². The van der Waals surface area contributed by atoms with Crippen LogP contribution in [0.4, 0.5) is 5.82 Å². The van der Waals surface area contributed by atoms with Crippen molar-refractivity contribution >= 4 is 54.3 Å². The largest absolute Gasteiger partial charge is 0.481 e. The zero-order valence-electron chi connectivity index (χ0n) is 23.1. The lowest BCUT2D eigenvalue weighted by Gasteiger charge is -2.19. The molecule has 0 amide bonds. The number of halogens is 1. The number of rotatable bonds is 14. The Labute approximate surface area is 264 Å². The van der Waals surface area contributed by atoms with Gasteiger partial charge in [0.2, 0.25) is 10.0 Å². The first-order chi connectivity index (χ1) is 21.6. The van der Waals surface area contributed by atoms with Crippen LogP contribution in [0.5, 0.6) is 0 Å². The number of nitrogen functional groups attached to an aromatic ring is 1. The van der Waals surface area contributed by atoms with Gasteiger partial charge >= 0.3 is 15.6 Å². The van der Waals surface area contributed by atoms with Gasteiger partial charge in [-0.3, -0.25) is 18.3 Å². The first-order valence-electron chi connectivity index (χ1n) is 12.9. The molecule has 0 saturated carbocycles. The van der Waals surface area contributed by atoms with Crippen LogP contribution in [-0.4, -0.2) is 94.4 Å². The summed E-state index contributed by atoms with van der Waals surface area (Å²) in [7, 11) is -14.3. The number of nitrogens with one attached hydrogen (secondary N) is 1. The van der Waals surface area contributed by atoms with Crippen molar-refractivity contribution in [2.75, 3.05) is 18.9 Å². The van der Waals surface area contributed by atoms with Crippen LogP contribution in [-0.2, 0) is 50.4 Å². The van der Waals surface area contributed by atoms with Gasteiger partial charge in [0.1, 0.15) is 42.5 Å². The Balaban J connectivity index is 1.09. The molecular formula is C21H26ClN9O12P2S. The molecule has 25 heteroatoms. The maximum absolute atomic E-state index is 12.4. The molecular weight excluding hydrogens is 700 g/mol. The Kier molecular flexibility index (Phi) is 10.2. The number of hydrogen-bond acceptors (Lipinski definition) is 16. The molecule has 250 valence electrons. The van der Waals surface area contributed by atoms with Crippen LogP contribution in [0.25, 0.3) is 11.2 Å². The predicted molar refractivity (Wildman–Crippen MR) is 154 cm³/mol. The third-order valence-corrected chi connectivity index (χ3v) is 10.6. The van der Waals surface area contributed by atoms with E-state index in [4.69, 9.17) is 31.1 Å². The SMILES string of the molecule is Nc1ncnc2c1ncn2[C@@H]1O[C@H](COP(=O)(O)OP(=O)(O)OCc2cn(CCNS(=O)(=O)c3ccc(Cl)cc3)nn2)[C@@H](O)[C@H]1O.